The number of aryl methyl sites for hydroxylation is 1. The van der Waals surface area contributed by atoms with Crippen LogP contribution in [0.2, 0.25) is 0 Å². The summed E-state index contributed by atoms with van der Waals surface area (Å²) in [5.74, 6) is -1.10. The normalized spacial score (nSPS) is 24.5. The summed E-state index contributed by atoms with van der Waals surface area (Å²) in [4.78, 5) is 29.1. The molecule has 5 rings (SSSR count). The highest BCUT2D eigenvalue weighted by molar-refractivity contribution is 5.73. The van der Waals surface area contributed by atoms with E-state index in [-0.39, 0.29) is 36.3 Å². The number of aromatic amines is 1. The zero-order chi connectivity index (χ0) is 20.2. The zero-order valence-electron chi connectivity index (χ0n) is 16.1. The molecule has 0 aromatic carbocycles. The van der Waals surface area contributed by atoms with Gasteiger partial charge in [-0.1, -0.05) is 0 Å². The summed E-state index contributed by atoms with van der Waals surface area (Å²) in [6.45, 7) is 1.94. The van der Waals surface area contributed by atoms with Gasteiger partial charge < -0.3 is 4.98 Å². The molecule has 2 saturated carbocycles. The molecule has 0 aliphatic heterocycles. The maximum atomic E-state index is 13.5. The Hall–Kier alpha value is -2.71. The van der Waals surface area contributed by atoms with Gasteiger partial charge in [-0.2, -0.15) is 5.10 Å². The minimum atomic E-state index is -2.61. The summed E-state index contributed by atoms with van der Waals surface area (Å²) >= 11 is 0. The lowest BCUT2D eigenvalue weighted by molar-refractivity contribution is -0.0446. The molecule has 0 amide bonds. The van der Waals surface area contributed by atoms with Crippen LogP contribution in [0.25, 0.3) is 11.0 Å². The fourth-order valence-electron chi connectivity index (χ4n) is 4.40. The van der Waals surface area contributed by atoms with Gasteiger partial charge in [0.2, 0.25) is 5.92 Å². The van der Waals surface area contributed by atoms with E-state index in [0.29, 0.717) is 29.7 Å². The van der Waals surface area contributed by atoms with Gasteiger partial charge in [0, 0.05) is 37.1 Å². The van der Waals surface area contributed by atoms with Crippen LogP contribution in [0.15, 0.2) is 23.4 Å². The minimum Gasteiger partial charge on any atom is -0.310 e. The van der Waals surface area contributed by atoms with Gasteiger partial charge in [0.25, 0.3) is 5.56 Å². The number of nitrogens with zero attached hydrogens (tertiary/aromatic N) is 5. The topological polar surface area (TPSA) is 89.4 Å². The third kappa shape index (κ3) is 3.22. The molecule has 3 aromatic heterocycles. The smallest absolute Gasteiger partial charge is 0.262 e. The molecule has 7 nitrogen and oxygen atoms in total. The lowest BCUT2D eigenvalue weighted by Gasteiger charge is -2.34. The predicted octanol–water partition coefficient (Wildman–Crippen LogP) is 3.63. The van der Waals surface area contributed by atoms with E-state index < -0.39 is 5.92 Å². The van der Waals surface area contributed by atoms with Crippen LogP contribution in [-0.2, 0) is 0 Å². The number of H-pyrrole nitrogens is 1. The fourth-order valence-corrected chi connectivity index (χ4v) is 4.40. The molecule has 9 heteroatoms. The molecule has 3 aromatic rings. The second-order valence-corrected chi connectivity index (χ2v) is 8.27. The third-order valence-electron chi connectivity index (χ3n) is 6.27. The Morgan fingerprint density at radius 1 is 1.07 bits per heavy atom. The van der Waals surface area contributed by atoms with Crippen molar-refractivity contribution in [3.63, 3.8) is 0 Å². The van der Waals surface area contributed by atoms with Crippen molar-refractivity contribution in [3.05, 3.63) is 46.2 Å². The van der Waals surface area contributed by atoms with Crippen LogP contribution >= 0.6 is 0 Å². The van der Waals surface area contributed by atoms with Crippen molar-refractivity contribution >= 4 is 11.0 Å². The number of nitrogens with one attached hydrogen (secondary N) is 1. The van der Waals surface area contributed by atoms with Crippen LogP contribution in [0.3, 0.4) is 0 Å². The summed E-state index contributed by atoms with van der Waals surface area (Å²) in [6.07, 6.45) is 7.24. The monoisotopic (exact) mass is 400 g/mol. The molecule has 2 fully saturated rings. The highest BCUT2D eigenvalue weighted by Gasteiger charge is 2.39. The number of aromatic nitrogens is 6. The van der Waals surface area contributed by atoms with Crippen molar-refractivity contribution in [2.75, 3.05) is 0 Å². The molecule has 29 heavy (non-hydrogen) atoms. The zero-order valence-corrected chi connectivity index (χ0v) is 16.1. The van der Waals surface area contributed by atoms with E-state index in [2.05, 4.69) is 20.1 Å². The molecule has 2 aliphatic carbocycles. The first-order chi connectivity index (χ1) is 13.9. The maximum absolute atomic E-state index is 13.5. The Labute approximate surface area is 165 Å². The van der Waals surface area contributed by atoms with E-state index in [4.69, 9.17) is 4.98 Å². The molecule has 2 atom stereocenters. The Kier molecular flexibility index (Phi) is 4.22. The predicted molar refractivity (Wildman–Crippen MR) is 102 cm³/mol. The summed E-state index contributed by atoms with van der Waals surface area (Å²) in [5, 5.41) is 4.72. The van der Waals surface area contributed by atoms with Gasteiger partial charge in [-0.05, 0) is 38.2 Å². The van der Waals surface area contributed by atoms with Crippen molar-refractivity contribution in [2.24, 2.45) is 0 Å². The Balaban J connectivity index is 1.48. The maximum Gasteiger partial charge on any atom is 0.262 e. The van der Waals surface area contributed by atoms with Crippen molar-refractivity contribution < 1.29 is 8.78 Å². The summed E-state index contributed by atoms with van der Waals surface area (Å²) in [6, 6.07) is -0.160. The lowest BCUT2D eigenvalue weighted by Crippen LogP contribution is -2.29. The molecular weight excluding hydrogens is 378 g/mol. The van der Waals surface area contributed by atoms with Crippen molar-refractivity contribution in [2.45, 2.75) is 69.2 Å². The van der Waals surface area contributed by atoms with Crippen molar-refractivity contribution in [1.82, 2.24) is 29.7 Å². The number of rotatable bonds is 3. The van der Waals surface area contributed by atoms with Gasteiger partial charge in [-0.3, -0.25) is 4.79 Å². The number of alkyl halides is 2. The molecule has 0 spiro atoms. The highest BCUT2D eigenvalue weighted by Crippen LogP contribution is 2.46. The average molecular weight is 400 g/mol. The molecule has 0 bridgehead atoms. The van der Waals surface area contributed by atoms with Crippen molar-refractivity contribution in [3.8, 4) is 0 Å². The van der Waals surface area contributed by atoms with Gasteiger partial charge in [-0.15, -0.1) is 0 Å². The Bertz CT molecular complexity index is 1100. The largest absolute Gasteiger partial charge is 0.310 e. The summed E-state index contributed by atoms with van der Waals surface area (Å²) in [7, 11) is 0. The van der Waals surface area contributed by atoms with Gasteiger partial charge in [0.1, 0.15) is 17.0 Å². The third-order valence-corrected chi connectivity index (χ3v) is 6.27. The second kappa shape index (κ2) is 6.67. The quantitative estimate of drug-likeness (QED) is 0.725. The Morgan fingerprint density at radius 3 is 2.41 bits per heavy atom. The van der Waals surface area contributed by atoms with Crippen LogP contribution in [0.5, 0.6) is 0 Å². The van der Waals surface area contributed by atoms with E-state index in [9.17, 15) is 13.6 Å². The number of halogens is 2. The van der Waals surface area contributed by atoms with Crippen LogP contribution < -0.4 is 5.56 Å². The first kappa shape index (κ1) is 18.3. The molecule has 0 saturated heterocycles. The first-order valence-corrected chi connectivity index (χ1v) is 10.0. The first-order valence-electron chi connectivity index (χ1n) is 10.0. The van der Waals surface area contributed by atoms with Gasteiger partial charge in [-0.25, -0.2) is 28.4 Å². The fraction of sp³-hybridized carbons (Fsp3) is 0.550. The van der Waals surface area contributed by atoms with Crippen LogP contribution in [-0.4, -0.2) is 35.6 Å². The van der Waals surface area contributed by atoms with E-state index in [1.54, 1.807) is 17.1 Å². The summed E-state index contributed by atoms with van der Waals surface area (Å²) in [5.41, 5.74) is 1.24. The molecule has 1 N–H and O–H groups in total. The molecule has 0 unspecified atom stereocenters. The van der Waals surface area contributed by atoms with Crippen LogP contribution in [0.1, 0.15) is 73.6 Å². The molecule has 3 heterocycles. The van der Waals surface area contributed by atoms with Gasteiger partial charge >= 0.3 is 0 Å². The van der Waals surface area contributed by atoms with Crippen molar-refractivity contribution in [1.29, 1.82) is 0 Å². The highest BCUT2D eigenvalue weighted by atomic mass is 19.3. The minimum absolute atomic E-state index is 0.0360. The number of hydrogen-bond donors (Lipinski definition) is 1. The molecule has 0 radical (unpaired) electrons. The lowest BCUT2D eigenvalue weighted by atomic mass is 9.72. The van der Waals surface area contributed by atoms with E-state index in [1.165, 1.54) is 6.20 Å². The summed E-state index contributed by atoms with van der Waals surface area (Å²) < 4.78 is 28.7. The van der Waals surface area contributed by atoms with E-state index >= 15 is 0 Å². The molecule has 152 valence electrons. The Morgan fingerprint density at radius 2 is 1.76 bits per heavy atom. The molecular formula is C20H22F2N6O. The number of hydrogen-bond acceptors (Lipinski definition) is 5. The van der Waals surface area contributed by atoms with E-state index in [0.717, 1.165) is 24.2 Å². The van der Waals surface area contributed by atoms with Gasteiger partial charge in [0.05, 0.1) is 12.2 Å². The average Bonchev–Trinajstić information content (AvgIpc) is 3.07. The van der Waals surface area contributed by atoms with Gasteiger partial charge in [0.15, 0.2) is 5.65 Å². The van der Waals surface area contributed by atoms with E-state index in [1.807, 2.05) is 6.92 Å². The number of fused-ring (bicyclic) bond motifs is 1. The standard InChI is InChI=1S/C20H22F2N6O/c1-11-8-23-16(24-9-11)13-2-3-14(13)17-26-18-15(19(29)27-17)10-25-28(18)12-4-6-20(21,22)7-5-12/h8-10,12-14H,2-7H2,1H3,(H,26,27,29)/t13-,14-/m1/s1. The molecule has 2 aliphatic rings. The van der Waals surface area contributed by atoms with Crippen LogP contribution in [0, 0.1) is 6.92 Å². The SMILES string of the molecule is Cc1cnc([C@@H]2CC[C@H]2c2nc3c(cnn3C3CCC(F)(F)CC3)c(=O)[nH]2)nc1. The second-order valence-electron chi connectivity index (χ2n) is 8.27. The van der Waals surface area contributed by atoms with Crippen LogP contribution in [0.4, 0.5) is 8.78 Å².